The topological polar surface area (TPSA) is 25.8 Å². The standard InChI is InChI=1S/C23H13ClN2S/c1-12-18-20-19-14-7-3-2-6-13(14)10-11-17(19)27-22(20)23(24)26-21(18)15-8-4-5-9-16(15)25-12/h2-11H,1H3. The number of nitrogens with zero attached hydrogens (tertiary/aromatic N) is 2. The number of thiophene rings is 1. The van der Waals surface area contributed by atoms with E-state index in [0.29, 0.717) is 5.15 Å². The van der Waals surface area contributed by atoms with Crippen molar-refractivity contribution in [2.75, 3.05) is 0 Å². The van der Waals surface area contributed by atoms with Crippen LogP contribution in [0.4, 0.5) is 0 Å². The summed E-state index contributed by atoms with van der Waals surface area (Å²) in [7, 11) is 0. The minimum Gasteiger partial charge on any atom is -0.252 e. The van der Waals surface area contributed by atoms with Crippen LogP contribution in [0.1, 0.15) is 5.69 Å². The molecule has 3 heterocycles. The Bertz CT molecular complexity index is 1550. The van der Waals surface area contributed by atoms with Gasteiger partial charge in [-0.15, -0.1) is 11.3 Å². The first-order chi connectivity index (χ1) is 13.2. The van der Waals surface area contributed by atoms with Gasteiger partial charge < -0.3 is 0 Å². The molecule has 0 atom stereocenters. The van der Waals surface area contributed by atoms with Crippen LogP contribution in [0.15, 0.2) is 60.7 Å². The Morgan fingerprint density at radius 3 is 2.44 bits per heavy atom. The third-order valence-corrected chi connectivity index (χ3v) is 6.82. The molecule has 0 aliphatic heterocycles. The molecule has 0 bridgehead atoms. The molecule has 3 aromatic carbocycles. The summed E-state index contributed by atoms with van der Waals surface area (Å²) in [6, 6.07) is 21.0. The van der Waals surface area contributed by atoms with Crippen LogP contribution in [-0.2, 0) is 0 Å². The number of aromatic nitrogens is 2. The molecule has 27 heavy (non-hydrogen) atoms. The molecule has 4 heteroatoms. The summed E-state index contributed by atoms with van der Waals surface area (Å²) in [6.07, 6.45) is 0. The molecule has 6 rings (SSSR count). The van der Waals surface area contributed by atoms with Gasteiger partial charge in [0.1, 0.15) is 5.15 Å². The van der Waals surface area contributed by atoms with Crippen LogP contribution in [0.3, 0.4) is 0 Å². The number of pyridine rings is 2. The number of halogens is 1. The van der Waals surface area contributed by atoms with Crippen molar-refractivity contribution in [2.24, 2.45) is 0 Å². The van der Waals surface area contributed by atoms with Crippen LogP contribution in [0.2, 0.25) is 5.15 Å². The lowest BCUT2D eigenvalue weighted by atomic mass is 10.00. The van der Waals surface area contributed by atoms with Crippen molar-refractivity contribution in [3.63, 3.8) is 0 Å². The van der Waals surface area contributed by atoms with E-state index in [1.165, 1.54) is 26.2 Å². The predicted molar refractivity (Wildman–Crippen MR) is 117 cm³/mol. The Labute approximate surface area is 164 Å². The minimum atomic E-state index is 0.568. The van der Waals surface area contributed by atoms with Gasteiger partial charge >= 0.3 is 0 Å². The van der Waals surface area contributed by atoms with Gasteiger partial charge in [-0.05, 0) is 29.8 Å². The van der Waals surface area contributed by atoms with Gasteiger partial charge in [-0.25, -0.2) is 4.98 Å². The van der Waals surface area contributed by atoms with E-state index in [1.54, 1.807) is 11.3 Å². The van der Waals surface area contributed by atoms with Crippen molar-refractivity contribution in [2.45, 2.75) is 6.92 Å². The van der Waals surface area contributed by atoms with Gasteiger partial charge in [0, 0.05) is 31.9 Å². The average Bonchev–Trinajstić information content (AvgIpc) is 3.09. The van der Waals surface area contributed by atoms with Crippen LogP contribution in [-0.4, -0.2) is 9.97 Å². The van der Waals surface area contributed by atoms with E-state index < -0.39 is 0 Å². The van der Waals surface area contributed by atoms with Crippen molar-refractivity contribution in [3.05, 3.63) is 71.5 Å². The van der Waals surface area contributed by atoms with Crippen LogP contribution in [0.5, 0.6) is 0 Å². The molecule has 0 N–H and O–H groups in total. The molecule has 6 aromatic rings. The monoisotopic (exact) mass is 384 g/mol. The van der Waals surface area contributed by atoms with E-state index in [2.05, 4.69) is 49.4 Å². The van der Waals surface area contributed by atoms with Gasteiger partial charge in [0.15, 0.2) is 0 Å². The highest BCUT2D eigenvalue weighted by Gasteiger charge is 2.19. The number of para-hydroxylation sites is 1. The summed E-state index contributed by atoms with van der Waals surface area (Å²) < 4.78 is 2.27. The molecule has 128 valence electrons. The highest BCUT2D eigenvalue weighted by Crippen LogP contribution is 2.45. The molecule has 0 spiro atoms. The maximum atomic E-state index is 6.69. The fourth-order valence-electron chi connectivity index (χ4n) is 4.13. The Morgan fingerprint density at radius 1 is 0.778 bits per heavy atom. The van der Waals surface area contributed by atoms with Gasteiger partial charge in [-0.3, -0.25) is 4.98 Å². The summed E-state index contributed by atoms with van der Waals surface area (Å²) in [5, 5.41) is 7.63. The summed E-state index contributed by atoms with van der Waals surface area (Å²) >= 11 is 8.40. The number of fused-ring (bicyclic) bond motifs is 9. The highest BCUT2D eigenvalue weighted by molar-refractivity contribution is 7.26. The van der Waals surface area contributed by atoms with E-state index in [0.717, 1.165) is 32.2 Å². The average molecular weight is 385 g/mol. The summed E-state index contributed by atoms with van der Waals surface area (Å²) in [6.45, 7) is 2.07. The zero-order valence-electron chi connectivity index (χ0n) is 14.5. The number of hydrogen-bond acceptors (Lipinski definition) is 3. The second-order valence-corrected chi connectivity index (χ2v) is 8.22. The van der Waals surface area contributed by atoms with E-state index in [4.69, 9.17) is 21.6 Å². The minimum absolute atomic E-state index is 0.568. The summed E-state index contributed by atoms with van der Waals surface area (Å²) in [5.74, 6) is 0. The molecule has 0 radical (unpaired) electrons. The lowest BCUT2D eigenvalue weighted by molar-refractivity contribution is 1.28. The first-order valence-electron chi connectivity index (χ1n) is 8.81. The molecule has 0 unspecified atom stereocenters. The Kier molecular flexibility index (Phi) is 3.05. The van der Waals surface area contributed by atoms with Gasteiger partial charge in [0.05, 0.1) is 15.7 Å². The van der Waals surface area contributed by atoms with Crippen LogP contribution in [0.25, 0.3) is 52.8 Å². The van der Waals surface area contributed by atoms with Crippen molar-refractivity contribution >= 4 is 75.7 Å². The third-order valence-electron chi connectivity index (χ3n) is 5.27. The van der Waals surface area contributed by atoms with Gasteiger partial charge in [-0.2, -0.15) is 0 Å². The van der Waals surface area contributed by atoms with Gasteiger partial charge in [0.2, 0.25) is 0 Å². The molecule has 3 aromatic heterocycles. The maximum Gasteiger partial charge on any atom is 0.147 e. The predicted octanol–water partition coefficient (Wildman–Crippen LogP) is 7.27. The largest absolute Gasteiger partial charge is 0.252 e. The van der Waals surface area contributed by atoms with Crippen LogP contribution < -0.4 is 0 Å². The first-order valence-corrected chi connectivity index (χ1v) is 10.0. The third kappa shape index (κ3) is 2.01. The SMILES string of the molecule is Cc1nc2ccccc2c2nc(Cl)c3sc4ccc5ccccc5c4c3c12. The fourth-order valence-corrected chi connectivity index (χ4v) is 5.53. The Morgan fingerprint density at radius 2 is 1.56 bits per heavy atom. The van der Waals surface area contributed by atoms with Crippen molar-refractivity contribution in [1.82, 2.24) is 9.97 Å². The molecular formula is C23H13ClN2S. The van der Waals surface area contributed by atoms with Crippen molar-refractivity contribution < 1.29 is 0 Å². The molecule has 0 fully saturated rings. The second kappa shape index (κ2) is 5.38. The number of hydrogen-bond donors (Lipinski definition) is 0. The molecular weight excluding hydrogens is 372 g/mol. The van der Waals surface area contributed by atoms with Gasteiger partial charge in [0.25, 0.3) is 0 Å². The number of rotatable bonds is 0. The van der Waals surface area contributed by atoms with Crippen LogP contribution in [0, 0.1) is 6.92 Å². The zero-order valence-corrected chi connectivity index (χ0v) is 16.0. The van der Waals surface area contributed by atoms with Gasteiger partial charge in [-0.1, -0.05) is 60.1 Å². The lowest BCUT2D eigenvalue weighted by Crippen LogP contribution is -1.92. The molecule has 0 saturated heterocycles. The number of aryl methyl sites for hydroxylation is 1. The first kappa shape index (κ1) is 15.3. The van der Waals surface area contributed by atoms with E-state index in [9.17, 15) is 0 Å². The molecule has 0 saturated carbocycles. The molecule has 0 aliphatic rings. The molecule has 0 aliphatic carbocycles. The van der Waals surface area contributed by atoms with E-state index in [-0.39, 0.29) is 0 Å². The zero-order chi connectivity index (χ0) is 18.1. The van der Waals surface area contributed by atoms with E-state index >= 15 is 0 Å². The van der Waals surface area contributed by atoms with E-state index in [1.807, 2.05) is 18.2 Å². The smallest absolute Gasteiger partial charge is 0.147 e. The quantitative estimate of drug-likeness (QED) is 0.203. The summed E-state index contributed by atoms with van der Waals surface area (Å²) in [5.41, 5.74) is 2.88. The highest BCUT2D eigenvalue weighted by atomic mass is 35.5. The normalized spacial score (nSPS) is 12.1. The Balaban J connectivity index is 2.01. The van der Waals surface area contributed by atoms with Crippen molar-refractivity contribution in [3.8, 4) is 0 Å². The van der Waals surface area contributed by atoms with Crippen LogP contribution >= 0.6 is 22.9 Å². The lowest BCUT2D eigenvalue weighted by Gasteiger charge is -2.09. The van der Waals surface area contributed by atoms with Crippen molar-refractivity contribution in [1.29, 1.82) is 0 Å². The maximum absolute atomic E-state index is 6.69. The second-order valence-electron chi connectivity index (χ2n) is 6.81. The Hall–Kier alpha value is -2.75. The molecule has 2 nitrogen and oxygen atoms in total. The summed E-state index contributed by atoms with van der Waals surface area (Å²) in [4.78, 5) is 9.68. The fraction of sp³-hybridized carbons (Fsp3) is 0.0435. The number of benzene rings is 3. The molecule has 0 amide bonds.